The fraction of sp³-hybridized carbons (Fsp3) is 0.300. The van der Waals surface area contributed by atoms with E-state index in [0.29, 0.717) is 5.56 Å². The van der Waals surface area contributed by atoms with Gasteiger partial charge in [0.25, 0.3) is 0 Å². The number of halogens is 1. The lowest BCUT2D eigenvalue weighted by Gasteiger charge is -2.17. The van der Waals surface area contributed by atoms with Crippen LogP contribution in [0.3, 0.4) is 0 Å². The summed E-state index contributed by atoms with van der Waals surface area (Å²) in [5.74, 6) is -1.13. The molecule has 0 heterocycles. The van der Waals surface area contributed by atoms with Gasteiger partial charge in [-0.2, -0.15) is 0 Å². The van der Waals surface area contributed by atoms with Crippen LogP contribution in [-0.4, -0.2) is 11.1 Å². The van der Waals surface area contributed by atoms with Crippen molar-refractivity contribution in [2.24, 2.45) is 0 Å². The average Bonchev–Trinajstić information content (AvgIpc) is 2.04. The first kappa shape index (κ1) is 9.71. The topological polar surface area (TPSA) is 37.3 Å². The van der Waals surface area contributed by atoms with Crippen LogP contribution >= 0.6 is 0 Å². The molecule has 0 aliphatic carbocycles. The number of hydrogen-bond acceptors (Lipinski definition) is 1. The maximum Gasteiger partial charge on any atom is 0.306 e. The van der Waals surface area contributed by atoms with Crippen molar-refractivity contribution >= 4 is 5.97 Å². The Morgan fingerprint density at radius 3 is 2.46 bits per heavy atom. The number of rotatable bonds is 3. The summed E-state index contributed by atoms with van der Waals surface area (Å²) in [7, 11) is 0. The molecular weight excluding hydrogens is 171 g/mol. The zero-order valence-electron chi connectivity index (χ0n) is 7.33. The van der Waals surface area contributed by atoms with Crippen molar-refractivity contribution in [1.82, 2.24) is 0 Å². The molecule has 1 rings (SSSR count). The monoisotopic (exact) mass is 182 g/mol. The van der Waals surface area contributed by atoms with Crippen LogP contribution in [0.1, 0.15) is 18.9 Å². The lowest BCUT2D eigenvalue weighted by atomic mass is 9.95. The van der Waals surface area contributed by atoms with E-state index in [0.717, 1.165) is 0 Å². The van der Waals surface area contributed by atoms with Gasteiger partial charge in [0.15, 0.2) is 0 Å². The van der Waals surface area contributed by atoms with Gasteiger partial charge in [-0.1, -0.05) is 30.3 Å². The summed E-state index contributed by atoms with van der Waals surface area (Å²) in [5.41, 5.74) is -1.38. The minimum Gasteiger partial charge on any atom is -0.481 e. The molecule has 13 heavy (non-hydrogen) atoms. The third-order valence-corrected chi connectivity index (χ3v) is 1.86. The number of carboxylic acid groups (broad SMARTS) is 1. The molecule has 0 fully saturated rings. The van der Waals surface area contributed by atoms with Crippen molar-refractivity contribution in [2.75, 3.05) is 0 Å². The highest BCUT2D eigenvalue weighted by molar-refractivity contribution is 5.68. The Morgan fingerprint density at radius 2 is 2.00 bits per heavy atom. The number of hydrogen-bond donors (Lipinski definition) is 1. The fourth-order valence-electron chi connectivity index (χ4n) is 1.17. The Morgan fingerprint density at radius 1 is 1.46 bits per heavy atom. The van der Waals surface area contributed by atoms with E-state index >= 15 is 0 Å². The molecule has 0 bridgehead atoms. The first-order chi connectivity index (χ1) is 6.02. The smallest absolute Gasteiger partial charge is 0.306 e. The lowest BCUT2D eigenvalue weighted by molar-refractivity contribution is -0.140. The molecule has 0 spiro atoms. The maximum atomic E-state index is 13.7. The molecule has 0 saturated heterocycles. The van der Waals surface area contributed by atoms with Gasteiger partial charge in [-0.3, -0.25) is 4.79 Å². The number of aliphatic carboxylic acids is 1. The van der Waals surface area contributed by atoms with Crippen LogP contribution in [0.2, 0.25) is 0 Å². The van der Waals surface area contributed by atoms with Crippen LogP contribution in [0.5, 0.6) is 0 Å². The highest BCUT2D eigenvalue weighted by Crippen LogP contribution is 2.28. The lowest BCUT2D eigenvalue weighted by Crippen LogP contribution is -2.19. The van der Waals surface area contributed by atoms with E-state index in [1.165, 1.54) is 6.92 Å². The standard InChI is InChI=1S/C10H11FO2/c1-10(11,7-9(12)13)8-5-3-2-4-6-8/h2-6H,7H2,1H3,(H,12,13). The molecule has 1 atom stereocenters. The van der Waals surface area contributed by atoms with Crippen molar-refractivity contribution in [1.29, 1.82) is 0 Å². The minimum atomic E-state index is -1.78. The van der Waals surface area contributed by atoms with E-state index in [4.69, 9.17) is 5.11 Å². The largest absolute Gasteiger partial charge is 0.481 e. The third-order valence-electron chi connectivity index (χ3n) is 1.86. The van der Waals surface area contributed by atoms with E-state index in [1.54, 1.807) is 30.3 Å². The van der Waals surface area contributed by atoms with E-state index < -0.39 is 18.1 Å². The molecule has 0 radical (unpaired) electrons. The first-order valence-corrected chi connectivity index (χ1v) is 3.98. The van der Waals surface area contributed by atoms with Gasteiger partial charge >= 0.3 is 5.97 Å². The van der Waals surface area contributed by atoms with Gasteiger partial charge < -0.3 is 5.11 Å². The van der Waals surface area contributed by atoms with Crippen molar-refractivity contribution in [3.8, 4) is 0 Å². The van der Waals surface area contributed by atoms with Crippen LogP contribution < -0.4 is 0 Å². The second-order valence-electron chi connectivity index (χ2n) is 3.13. The molecule has 1 aromatic rings. The zero-order valence-corrected chi connectivity index (χ0v) is 7.33. The molecule has 1 unspecified atom stereocenters. The van der Waals surface area contributed by atoms with Gasteiger partial charge in [0, 0.05) is 0 Å². The van der Waals surface area contributed by atoms with Gasteiger partial charge in [0.2, 0.25) is 0 Å². The number of benzene rings is 1. The second kappa shape index (κ2) is 3.56. The predicted molar refractivity (Wildman–Crippen MR) is 47.2 cm³/mol. The maximum absolute atomic E-state index is 13.7. The van der Waals surface area contributed by atoms with Crippen LogP contribution in [0.25, 0.3) is 0 Å². The number of carbonyl (C=O) groups is 1. The Labute approximate surface area is 76.0 Å². The van der Waals surface area contributed by atoms with Crippen LogP contribution in [0, 0.1) is 0 Å². The molecule has 70 valence electrons. The van der Waals surface area contributed by atoms with Gasteiger partial charge in [-0.25, -0.2) is 4.39 Å². The number of carboxylic acids is 1. The molecule has 0 aliphatic heterocycles. The molecular formula is C10H11FO2. The predicted octanol–water partition coefficient (Wildman–Crippen LogP) is 2.35. The third kappa shape index (κ3) is 2.54. The average molecular weight is 182 g/mol. The molecule has 0 amide bonds. The van der Waals surface area contributed by atoms with E-state index in [-0.39, 0.29) is 0 Å². The Kier molecular flexibility index (Phi) is 2.66. The second-order valence-corrected chi connectivity index (χ2v) is 3.13. The molecule has 2 nitrogen and oxygen atoms in total. The Bertz CT molecular complexity index is 293. The quantitative estimate of drug-likeness (QED) is 0.779. The Hall–Kier alpha value is -1.38. The SMILES string of the molecule is CC(F)(CC(=O)O)c1ccccc1. The summed E-state index contributed by atoms with van der Waals surface area (Å²) < 4.78 is 13.7. The fourth-order valence-corrected chi connectivity index (χ4v) is 1.17. The highest BCUT2D eigenvalue weighted by atomic mass is 19.1. The molecule has 1 aromatic carbocycles. The van der Waals surface area contributed by atoms with Crippen molar-refractivity contribution in [3.63, 3.8) is 0 Å². The molecule has 0 aliphatic rings. The minimum absolute atomic E-state index is 0.400. The van der Waals surface area contributed by atoms with Gasteiger partial charge in [0.1, 0.15) is 5.67 Å². The van der Waals surface area contributed by atoms with Gasteiger partial charge in [0.05, 0.1) is 6.42 Å². The van der Waals surface area contributed by atoms with Crippen molar-refractivity contribution < 1.29 is 14.3 Å². The summed E-state index contributed by atoms with van der Waals surface area (Å²) in [6.45, 7) is 1.27. The zero-order chi connectivity index (χ0) is 9.90. The van der Waals surface area contributed by atoms with Crippen LogP contribution in [0.15, 0.2) is 30.3 Å². The summed E-state index contributed by atoms with van der Waals surface area (Å²) in [6, 6.07) is 8.32. The Balaban J connectivity index is 2.87. The normalized spacial score (nSPS) is 14.9. The van der Waals surface area contributed by atoms with Crippen molar-refractivity contribution in [3.05, 3.63) is 35.9 Å². The van der Waals surface area contributed by atoms with E-state index in [9.17, 15) is 9.18 Å². The molecule has 0 aromatic heterocycles. The number of alkyl halides is 1. The molecule has 3 heteroatoms. The molecule has 0 saturated carbocycles. The summed E-state index contributed by atoms with van der Waals surface area (Å²) in [6.07, 6.45) is -0.503. The van der Waals surface area contributed by atoms with Crippen molar-refractivity contribution in [2.45, 2.75) is 19.0 Å². The summed E-state index contributed by atoms with van der Waals surface area (Å²) >= 11 is 0. The van der Waals surface area contributed by atoms with Gasteiger partial charge in [-0.05, 0) is 12.5 Å². The molecule has 1 N–H and O–H groups in total. The summed E-state index contributed by atoms with van der Waals surface area (Å²) in [5, 5.41) is 8.47. The van der Waals surface area contributed by atoms with E-state index in [2.05, 4.69) is 0 Å². The van der Waals surface area contributed by atoms with Gasteiger partial charge in [-0.15, -0.1) is 0 Å². The first-order valence-electron chi connectivity index (χ1n) is 3.98. The van der Waals surface area contributed by atoms with Crippen LogP contribution in [-0.2, 0) is 10.5 Å². The summed E-state index contributed by atoms with van der Waals surface area (Å²) in [4.78, 5) is 10.3. The van der Waals surface area contributed by atoms with E-state index in [1.807, 2.05) is 0 Å². The highest BCUT2D eigenvalue weighted by Gasteiger charge is 2.28. The van der Waals surface area contributed by atoms with Crippen LogP contribution in [0.4, 0.5) is 4.39 Å².